The Morgan fingerprint density at radius 2 is 1.23 bits per heavy atom. The second kappa shape index (κ2) is 18.2. The van der Waals surface area contributed by atoms with Crippen LogP contribution < -0.4 is 11.2 Å². The van der Waals surface area contributed by atoms with Crippen LogP contribution in [0.2, 0.25) is 5.02 Å². The van der Waals surface area contributed by atoms with Gasteiger partial charge in [0.05, 0.1) is 5.71 Å². The van der Waals surface area contributed by atoms with E-state index in [9.17, 15) is 4.79 Å². The summed E-state index contributed by atoms with van der Waals surface area (Å²) in [5, 5.41) is 4.86. The Morgan fingerprint density at radius 1 is 0.800 bits per heavy atom. The number of hydrazone groups is 1. The zero-order valence-electron chi connectivity index (χ0n) is 18.9. The van der Waals surface area contributed by atoms with E-state index in [2.05, 4.69) is 17.5 Å². The van der Waals surface area contributed by atoms with Crippen LogP contribution in [0.5, 0.6) is 0 Å². The molecule has 0 heterocycles. The first kappa shape index (κ1) is 26.5. The van der Waals surface area contributed by atoms with Gasteiger partial charge >= 0.3 is 6.03 Å². The van der Waals surface area contributed by atoms with Crippen molar-refractivity contribution in [1.82, 2.24) is 5.43 Å². The standard InChI is InChI=1S/C25H42ClN3O/c1-2-3-4-5-6-7-8-9-10-11-12-13-14-15-16-17-24(28-29-25(27)30)22-18-20-23(26)21-19-22/h18-21H,2-17H2,1H3,(H3,27,29,30)/b28-24+. The van der Waals surface area contributed by atoms with Gasteiger partial charge in [-0.25, -0.2) is 10.2 Å². The summed E-state index contributed by atoms with van der Waals surface area (Å²) in [5.74, 6) is 0. The monoisotopic (exact) mass is 435 g/mol. The highest BCUT2D eigenvalue weighted by Crippen LogP contribution is 2.16. The number of carbonyl (C=O) groups excluding carboxylic acids is 1. The average Bonchev–Trinajstić information content (AvgIpc) is 2.73. The number of benzene rings is 1. The number of halogens is 1. The van der Waals surface area contributed by atoms with Crippen molar-refractivity contribution in [2.45, 2.75) is 110 Å². The predicted octanol–water partition coefficient (Wildman–Crippen LogP) is 7.97. The van der Waals surface area contributed by atoms with Crippen molar-refractivity contribution in [2.75, 3.05) is 0 Å². The van der Waals surface area contributed by atoms with Gasteiger partial charge in [0.25, 0.3) is 0 Å². The van der Waals surface area contributed by atoms with Crippen molar-refractivity contribution >= 4 is 23.3 Å². The molecule has 0 aromatic heterocycles. The van der Waals surface area contributed by atoms with Gasteiger partial charge in [-0.15, -0.1) is 0 Å². The largest absolute Gasteiger partial charge is 0.350 e. The summed E-state index contributed by atoms with van der Waals surface area (Å²) in [4.78, 5) is 11.0. The molecule has 0 aliphatic rings. The van der Waals surface area contributed by atoms with Gasteiger partial charge in [-0.1, -0.05) is 121 Å². The van der Waals surface area contributed by atoms with E-state index in [0.29, 0.717) is 5.02 Å². The Labute approximate surface area is 189 Å². The molecule has 0 fully saturated rings. The lowest BCUT2D eigenvalue weighted by atomic mass is 10.0. The molecule has 0 unspecified atom stereocenters. The van der Waals surface area contributed by atoms with Gasteiger partial charge < -0.3 is 5.73 Å². The molecule has 170 valence electrons. The number of hydrogen-bond donors (Lipinski definition) is 2. The summed E-state index contributed by atoms with van der Waals surface area (Å²) in [6, 6.07) is 6.88. The molecule has 0 saturated heterocycles. The molecule has 0 aliphatic carbocycles. The number of hydrogen-bond acceptors (Lipinski definition) is 2. The quantitative estimate of drug-likeness (QED) is 0.137. The van der Waals surface area contributed by atoms with Gasteiger partial charge in [0, 0.05) is 5.02 Å². The summed E-state index contributed by atoms with van der Waals surface area (Å²) >= 11 is 5.96. The summed E-state index contributed by atoms with van der Waals surface area (Å²) in [6.45, 7) is 2.27. The Bertz CT molecular complexity index is 587. The zero-order valence-corrected chi connectivity index (χ0v) is 19.7. The smallest absolute Gasteiger partial charge is 0.332 e. The third-order valence-corrected chi connectivity index (χ3v) is 5.75. The van der Waals surface area contributed by atoms with Crippen molar-refractivity contribution in [1.29, 1.82) is 0 Å². The van der Waals surface area contributed by atoms with Crippen LogP contribution in [0, 0.1) is 0 Å². The number of unbranched alkanes of at least 4 members (excludes halogenated alkanes) is 14. The lowest BCUT2D eigenvalue weighted by Crippen LogP contribution is -2.26. The molecule has 0 saturated carbocycles. The topological polar surface area (TPSA) is 67.5 Å². The van der Waals surface area contributed by atoms with Crippen LogP contribution in [-0.2, 0) is 0 Å². The molecule has 4 nitrogen and oxygen atoms in total. The van der Waals surface area contributed by atoms with E-state index in [0.717, 1.165) is 24.1 Å². The number of amides is 2. The van der Waals surface area contributed by atoms with Crippen LogP contribution in [0.3, 0.4) is 0 Å². The Morgan fingerprint density at radius 3 is 1.67 bits per heavy atom. The van der Waals surface area contributed by atoms with Crippen molar-refractivity contribution in [3.05, 3.63) is 34.9 Å². The van der Waals surface area contributed by atoms with Gasteiger partial charge in [-0.2, -0.15) is 5.10 Å². The van der Waals surface area contributed by atoms with Crippen LogP contribution >= 0.6 is 11.6 Å². The summed E-state index contributed by atoms with van der Waals surface area (Å²) < 4.78 is 0. The molecule has 5 heteroatoms. The number of nitrogens with two attached hydrogens (primary N) is 1. The van der Waals surface area contributed by atoms with E-state index in [1.807, 2.05) is 24.3 Å². The fourth-order valence-corrected chi connectivity index (χ4v) is 3.82. The van der Waals surface area contributed by atoms with E-state index in [1.165, 1.54) is 89.9 Å². The van der Waals surface area contributed by atoms with Crippen molar-refractivity contribution < 1.29 is 4.79 Å². The Hall–Kier alpha value is -1.55. The van der Waals surface area contributed by atoms with Crippen molar-refractivity contribution in [3.63, 3.8) is 0 Å². The minimum absolute atomic E-state index is 0.641. The lowest BCUT2D eigenvalue weighted by molar-refractivity contribution is 0.249. The van der Waals surface area contributed by atoms with Crippen LogP contribution in [0.1, 0.15) is 115 Å². The Balaban J connectivity index is 2.06. The molecule has 0 atom stereocenters. The van der Waals surface area contributed by atoms with Crippen molar-refractivity contribution in [3.8, 4) is 0 Å². The van der Waals surface area contributed by atoms with Gasteiger partial charge in [-0.3, -0.25) is 0 Å². The van der Waals surface area contributed by atoms with E-state index in [4.69, 9.17) is 17.3 Å². The molecule has 30 heavy (non-hydrogen) atoms. The van der Waals surface area contributed by atoms with E-state index >= 15 is 0 Å². The first-order valence-corrected chi connectivity index (χ1v) is 12.4. The molecule has 1 rings (SSSR count). The van der Waals surface area contributed by atoms with Crippen molar-refractivity contribution in [2.24, 2.45) is 10.8 Å². The maximum Gasteiger partial charge on any atom is 0.332 e. The minimum atomic E-state index is -0.641. The third kappa shape index (κ3) is 14.4. The van der Waals surface area contributed by atoms with E-state index < -0.39 is 6.03 Å². The van der Waals surface area contributed by atoms with Gasteiger partial charge in [-0.05, 0) is 30.5 Å². The number of rotatable bonds is 18. The predicted molar refractivity (Wildman–Crippen MR) is 130 cm³/mol. The highest BCUT2D eigenvalue weighted by atomic mass is 35.5. The number of nitrogens with zero attached hydrogens (tertiary/aromatic N) is 1. The van der Waals surface area contributed by atoms with Crippen LogP contribution in [0.4, 0.5) is 4.79 Å². The van der Waals surface area contributed by atoms with Crippen LogP contribution in [0.15, 0.2) is 29.4 Å². The molecule has 1 aromatic rings. The molecule has 2 amide bonds. The number of nitrogens with one attached hydrogen (secondary N) is 1. The fraction of sp³-hybridized carbons (Fsp3) is 0.680. The first-order chi connectivity index (χ1) is 14.6. The highest BCUT2D eigenvalue weighted by Gasteiger charge is 2.05. The number of carbonyl (C=O) groups is 1. The second-order valence-corrected chi connectivity index (χ2v) is 8.68. The average molecular weight is 436 g/mol. The van der Waals surface area contributed by atoms with Gasteiger partial charge in [0.15, 0.2) is 0 Å². The van der Waals surface area contributed by atoms with Gasteiger partial charge in [0.1, 0.15) is 0 Å². The minimum Gasteiger partial charge on any atom is -0.350 e. The lowest BCUT2D eigenvalue weighted by Gasteiger charge is -2.08. The highest BCUT2D eigenvalue weighted by molar-refractivity contribution is 6.30. The molecule has 1 aromatic carbocycles. The number of urea groups is 1. The molecule has 3 N–H and O–H groups in total. The summed E-state index contributed by atoms with van der Waals surface area (Å²) in [7, 11) is 0. The fourth-order valence-electron chi connectivity index (χ4n) is 3.69. The normalized spacial score (nSPS) is 11.6. The summed E-state index contributed by atoms with van der Waals surface area (Å²) in [5.41, 5.74) is 9.32. The second-order valence-electron chi connectivity index (χ2n) is 8.24. The maximum atomic E-state index is 11.0. The van der Waals surface area contributed by atoms with Gasteiger partial charge in [0.2, 0.25) is 0 Å². The maximum absolute atomic E-state index is 11.0. The van der Waals surface area contributed by atoms with E-state index in [1.54, 1.807) is 0 Å². The molecule has 0 spiro atoms. The zero-order chi connectivity index (χ0) is 21.9. The molecular formula is C25H42ClN3O. The van der Waals surface area contributed by atoms with Crippen LogP contribution in [0.25, 0.3) is 0 Å². The SMILES string of the molecule is CCCCCCCCCCCCCCCCC/C(=N\NC(N)=O)c1ccc(Cl)cc1. The molecule has 0 bridgehead atoms. The number of primary amides is 1. The Kier molecular flexibility index (Phi) is 16.1. The molecular weight excluding hydrogens is 394 g/mol. The third-order valence-electron chi connectivity index (χ3n) is 5.50. The molecule has 0 aliphatic heterocycles. The molecule has 0 radical (unpaired) electrons. The first-order valence-electron chi connectivity index (χ1n) is 12.0. The summed E-state index contributed by atoms with van der Waals surface area (Å²) in [6.07, 6.45) is 21.0. The van der Waals surface area contributed by atoms with Crippen LogP contribution in [-0.4, -0.2) is 11.7 Å². The van der Waals surface area contributed by atoms with E-state index in [-0.39, 0.29) is 0 Å².